The lowest BCUT2D eigenvalue weighted by atomic mass is 9.81. The molecule has 0 saturated carbocycles. The van der Waals surface area contributed by atoms with Crippen LogP contribution in [0.1, 0.15) is 25.0 Å². The van der Waals surface area contributed by atoms with E-state index in [1.54, 1.807) is 0 Å². The Labute approximate surface area is 308 Å². The zero-order valence-electron chi connectivity index (χ0n) is 29.6. The molecule has 1 aromatic heterocycles. The van der Waals surface area contributed by atoms with Crippen molar-refractivity contribution < 1.29 is 4.42 Å². The van der Waals surface area contributed by atoms with Crippen LogP contribution in [0.2, 0.25) is 0 Å². The van der Waals surface area contributed by atoms with Gasteiger partial charge in [-0.15, -0.1) is 0 Å². The summed E-state index contributed by atoms with van der Waals surface area (Å²) in [6.45, 7) is 4.74. The Kier molecular flexibility index (Phi) is 6.33. The average molecular weight is 678 g/mol. The van der Waals surface area contributed by atoms with Gasteiger partial charge in [-0.1, -0.05) is 147 Å². The number of rotatable bonds is 5. The lowest BCUT2D eigenvalue weighted by Crippen LogP contribution is -2.16. The van der Waals surface area contributed by atoms with E-state index >= 15 is 0 Å². The Balaban J connectivity index is 1.15. The third kappa shape index (κ3) is 4.39. The van der Waals surface area contributed by atoms with Gasteiger partial charge in [-0.2, -0.15) is 0 Å². The minimum atomic E-state index is -0.182. The summed E-state index contributed by atoms with van der Waals surface area (Å²) in [7, 11) is 0. The molecule has 2 heteroatoms. The van der Waals surface area contributed by atoms with Crippen LogP contribution < -0.4 is 4.90 Å². The number of anilines is 3. The van der Waals surface area contributed by atoms with Gasteiger partial charge in [0.2, 0.25) is 0 Å². The number of furan rings is 1. The van der Waals surface area contributed by atoms with E-state index in [1.165, 1.54) is 76.8 Å². The topological polar surface area (TPSA) is 16.4 Å². The second-order valence-electron chi connectivity index (χ2n) is 14.9. The molecule has 0 spiro atoms. The quantitative estimate of drug-likeness (QED) is 0.169. The van der Waals surface area contributed by atoms with Gasteiger partial charge in [0.15, 0.2) is 0 Å². The molecule has 1 aliphatic carbocycles. The van der Waals surface area contributed by atoms with E-state index in [0.29, 0.717) is 0 Å². The van der Waals surface area contributed by atoms with E-state index in [1.807, 2.05) is 0 Å². The Morgan fingerprint density at radius 2 is 1.02 bits per heavy atom. The van der Waals surface area contributed by atoms with Crippen LogP contribution in [0.5, 0.6) is 0 Å². The number of hydrogen-bond donors (Lipinski definition) is 0. The zero-order valence-corrected chi connectivity index (χ0v) is 29.6. The van der Waals surface area contributed by atoms with Crippen LogP contribution >= 0.6 is 0 Å². The molecule has 9 aromatic carbocycles. The largest absolute Gasteiger partial charge is 0.456 e. The Bertz CT molecular complexity index is 3010. The van der Waals surface area contributed by atoms with E-state index in [2.05, 4.69) is 195 Å². The van der Waals surface area contributed by atoms with Gasteiger partial charge in [0.05, 0.1) is 5.69 Å². The maximum atomic E-state index is 6.70. The molecular weight excluding hydrogens is 643 g/mol. The van der Waals surface area contributed by atoms with E-state index in [-0.39, 0.29) is 5.41 Å². The molecule has 0 aliphatic heterocycles. The second-order valence-corrected chi connectivity index (χ2v) is 14.9. The van der Waals surface area contributed by atoms with Gasteiger partial charge in [0.1, 0.15) is 11.2 Å². The van der Waals surface area contributed by atoms with Crippen LogP contribution in [-0.4, -0.2) is 0 Å². The first-order chi connectivity index (χ1) is 26.0. The predicted octanol–water partition coefficient (Wildman–Crippen LogP) is 14.4. The molecule has 53 heavy (non-hydrogen) atoms. The molecular formula is C51H35NO. The Hall–Kier alpha value is -6.64. The molecule has 0 bridgehead atoms. The standard InChI is InChI=1S/C51H35NO/c1-51(2)44-21-11-19-38(34-15-7-4-8-16-34)48(44)42-28-27-36(30-45(42)51)52(35-25-23-33(24-26-35)32-13-5-3-6-14-32)37-29-43-40-18-10-9-17-39(40)41-20-12-22-46-49(41)50(43)47(31-37)53-46/h3-31H,1-2H3. The van der Waals surface area contributed by atoms with E-state index in [4.69, 9.17) is 4.42 Å². The van der Waals surface area contributed by atoms with Gasteiger partial charge < -0.3 is 9.32 Å². The van der Waals surface area contributed by atoms with Gasteiger partial charge in [0, 0.05) is 33.6 Å². The summed E-state index contributed by atoms with van der Waals surface area (Å²) >= 11 is 0. The van der Waals surface area contributed by atoms with Crippen LogP contribution in [0.25, 0.3) is 76.9 Å². The number of benzene rings is 9. The maximum absolute atomic E-state index is 6.70. The maximum Gasteiger partial charge on any atom is 0.138 e. The summed E-state index contributed by atoms with van der Waals surface area (Å²) in [5.74, 6) is 0. The van der Waals surface area contributed by atoms with Crippen LogP contribution in [0.4, 0.5) is 17.1 Å². The predicted molar refractivity (Wildman–Crippen MR) is 223 cm³/mol. The summed E-state index contributed by atoms with van der Waals surface area (Å²) in [5.41, 5.74) is 15.2. The highest BCUT2D eigenvalue weighted by molar-refractivity contribution is 6.33. The van der Waals surface area contributed by atoms with Crippen LogP contribution in [0.15, 0.2) is 180 Å². The highest BCUT2D eigenvalue weighted by Crippen LogP contribution is 2.54. The fourth-order valence-electron chi connectivity index (χ4n) is 9.10. The molecule has 1 heterocycles. The highest BCUT2D eigenvalue weighted by atomic mass is 16.3. The smallest absolute Gasteiger partial charge is 0.138 e. The molecule has 0 radical (unpaired) electrons. The van der Waals surface area contributed by atoms with Crippen molar-refractivity contribution in [2.75, 3.05) is 4.90 Å². The van der Waals surface area contributed by atoms with Gasteiger partial charge >= 0.3 is 0 Å². The van der Waals surface area contributed by atoms with Crippen LogP contribution in [0.3, 0.4) is 0 Å². The van der Waals surface area contributed by atoms with Crippen LogP contribution in [-0.2, 0) is 5.41 Å². The third-order valence-electron chi connectivity index (χ3n) is 11.6. The first kappa shape index (κ1) is 30.0. The van der Waals surface area contributed by atoms with Crippen molar-refractivity contribution in [3.63, 3.8) is 0 Å². The lowest BCUT2D eigenvalue weighted by molar-refractivity contribution is 0.660. The monoisotopic (exact) mass is 677 g/mol. The van der Waals surface area contributed by atoms with E-state index < -0.39 is 0 Å². The SMILES string of the molecule is CC1(C)c2cc(N(c3ccc(-c4ccccc4)cc3)c3cc4oc5cccc6c7ccccc7c(c3)c4c56)ccc2-c2c(-c3ccccc3)cccc21. The molecule has 11 rings (SSSR count). The Morgan fingerprint density at radius 1 is 0.396 bits per heavy atom. The van der Waals surface area contributed by atoms with Crippen molar-refractivity contribution in [2.24, 2.45) is 0 Å². The normalized spacial score (nSPS) is 13.2. The summed E-state index contributed by atoms with van der Waals surface area (Å²) in [4.78, 5) is 2.41. The second kappa shape index (κ2) is 11.2. The minimum absolute atomic E-state index is 0.182. The highest BCUT2D eigenvalue weighted by Gasteiger charge is 2.37. The number of hydrogen-bond acceptors (Lipinski definition) is 2. The average Bonchev–Trinajstić information content (AvgIpc) is 3.70. The number of fused-ring (bicyclic) bond motifs is 6. The molecule has 0 N–H and O–H groups in total. The fourth-order valence-corrected chi connectivity index (χ4v) is 9.10. The van der Waals surface area contributed by atoms with Crippen molar-refractivity contribution in [3.05, 3.63) is 187 Å². The van der Waals surface area contributed by atoms with Gasteiger partial charge in [-0.25, -0.2) is 0 Å². The van der Waals surface area contributed by atoms with Gasteiger partial charge in [-0.05, 0) is 102 Å². The van der Waals surface area contributed by atoms with Crippen molar-refractivity contribution in [1.82, 2.24) is 0 Å². The summed E-state index contributed by atoms with van der Waals surface area (Å²) < 4.78 is 6.70. The van der Waals surface area contributed by atoms with Crippen molar-refractivity contribution in [3.8, 4) is 33.4 Å². The summed E-state index contributed by atoms with van der Waals surface area (Å²) in [6.07, 6.45) is 0. The molecule has 250 valence electrons. The van der Waals surface area contributed by atoms with Gasteiger partial charge in [0.25, 0.3) is 0 Å². The first-order valence-electron chi connectivity index (χ1n) is 18.4. The van der Waals surface area contributed by atoms with Crippen molar-refractivity contribution >= 4 is 60.5 Å². The zero-order chi connectivity index (χ0) is 35.3. The summed E-state index contributed by atoms with van der Waals surface area (Å²) in [5, 5.41) is 7.32. The fraction of sp³-hybridized carbons (Fsp3) is 0.0588. The molecule has 0 amide bonds. The van der Waals surface area contributed by atoms with Crippen LogP contribution in [0, 0.1) is 0 Å². The molecule has 0 atom stereocenters. The van der Waals surface area contributed by atoms with Crippen molar-refractivity contribution in [2.45, 2.75) is 19.3 Å². The van der Waals surface area contributed by atoms with Gasteiger partial charge in [-0.3, -0.25) is 0 Å². The molecule has 10 aromatic rings. The lowest BCUT2D eigenvalue weighted by Gasteiger charge is -2.28. The minimum Gasteiger partial charge on any atom is -0.456 e. The van der Waals surface area contributed by atoms with E-state index in [0.717, 1.165) is 28.2 Å². The molecule has 2 nitrogen and oxygen atoms in total. The number of nitrogens with zero attached hydrogens (tertiary/aromatic N) is 1. The van der Waals surface area contributed by atoms with Crippen molar-refractivity contribution in [1.29, 1.82) is 0 Å². The molecule has 0 fully saturated rings. The first-order valence-corrected chi connectivity index (χ1v) is 18.4. The molecule has 0 saturated heterocycles. The third-order valence-corrected chi connectivity index (χ3v) is 11.6. The summed E-state index contributed by atoms with van der Waals surface area (Å²) in [6, 6.07) is 64.1. The molecule has 0 unspecified atom stereocenters. The Morgan fingerprint density at radius 3 is 1.79 bits per heavy atom. The molecule has 1 aliphatic rings. The van der Waals surface area contributed by atoms with E-state index in [9.17, 15) is 0 Å².